The molecule has 0 amide bonds. The highest BCUT2D eigenvalue weighted by Crippen LogP contribution is 2.26. The first kappa shape index (κ1) is 20.7. The average molecular weight is 424 g/mol. The molecule has 2 N–H and O–H groups in total. The van der Waals surface area contributed by atoms with Crippen molar-refractivity contribution in [1.82, 2.24) is 15.5 Å². The molecular weight excluding hydrogens is 395 g/mol. The molecule has 0 unspecified atom stereocenters. The van der Waals surface area contributed by atoms with Gasteiger partial charge in [0.25, 0.3) is 0 Å². The summed E-state index contributed by atoms with van der Waals surface area (Å²) in [6.07, 6.45) is 1.11. The van der Waals surface area contributed by atoms with Crippen molar-refractivity contribution in [3.63, 3.8) is 0 Å². The minimum atomic E-state index is 0. The molecule has 0 atom stereocenters. The highest BCUT2D eigenvalue weighted by atomic mass is 127. The van der Waals surface area contributed by atoms with Gasteiger partial charge in [-0.25, -0.2) is 0 Å². The normalized spacial score (nSPS) is 12.2. The summed E-state index contributed by atoms with van der Waals surface area (Å²) in [4.78, 5) is 7.86. The van der Waals surface area contributed by atoms with Crippen molar-refractivity contribution >= 4 is 41.3 Å². The largest absolute Gasteiger partial charge is 0.356 e. The maximum atomic E-state index is 4.27. The van der Waals surface area contributed by atoms with Crippen LogP contribution in [-0.4, -0.2) is 51.6 Å². The van der Waals surface area contributed by atoms with Crippen molar-refractivity contribution in [1.29, 1.82) is 0 Å². The van der Waals surface area contributed by atoms with Crippen LogP contribution in [0.15, 0.2) is 22.5 Å². The van der Waals surface area contributed by atoms with Crippen LogP contribution in [0.1, 0.15) is 25.1 Å². The van der Waals surface area contributed by atoms with E-state index in [2.05, 4.69) is 66.0 Å². The molecule has 0 aliphatic heterocycles. The van der Waals surface area contributed by atoms with Gasteiger partial charge in [0, 0.05) is 30.4 Å². The van der Waals surface area contributed by atoms with Gasteiger partial charge in [-0.3, -0.25) is 4.99 Å². The number of halogens is 1. The van der Waals surface area contributed by atoms with Gasteiger partial charge in [0.1, 0.15) is 0 Å². The molecule has 4 nitrogen and oxygen atoms in total. The van der Waals surface area contributed by atoms with Crippen molar-refractivity contribution in [2.24, 2.45) is 4.99 Å². The Morgan fingerprint density at radius 1 is 1.33 bits per heavy atom. The maximum absolute atomic E-state index is 4.27. The molecule has 1 heterocycles. The molecule has 0 aromatic carbocycles. The first-order valence-corrected chi connectivity index (χ1v) is 7.97. The number of rotatable bonds is 7. The predicted molar refractivity (Wildman–Crippen MR) is 105 cm³/mol. The lowest BCUT2D eigenvalue weighted by atomic mass is 9.91. The fraction of sp³-hybridized carbons (Fsp3) is 0.667. The Kier molecular flexibility index (Phi) is 10.2. The molecule has 0 bridgehead atoms. The second-order valence-corrected chi connectivity index (χ2v) is 6.82. The summed E-state index contributed by atoms with van der Waals surface area (Å²) in [5.74, 6) is 0.883. The van der Waals surface area contributed by atoms with E-state index in [1.807, 2.05) is 18.4 Å². The maximum Gasteiger partial charge on any atom is 0.191 e. The zero-order valence-corrected chi connectivity index (χ0v) is 16.9. The zero-order chi connectivity index (χ0) is 15.0. The lowest BCUT2D eigenvalue weighted by Gasteiger charge is -2.25. The molecule has 0 spiro atoms. The number of hydrogen-bond acceptors (Lipinski definition) is 3. The number of hydrogen-bond donors (Lipinski definition) is 2. The number of nitrogens with one attached hydrogen (secondary N) is 2. The van der Waals surface area contributed by atoms with E-state index in [1.54, 1.807) is 0 Å². The second-order valence-electron chi connectivity index (χ2n) is 5.87. The Hall–Kier alpha value is -0.340. The van der Waals surface area contributed by atoms with Gasteiger partial charge in [-0.1, -0.05) is 19.9 Å². The number of nitrogens with zero attached hydrogens (tertiary/aromatic N) is 2. The van der Waals surface area contributed by atoms with Gasteiger partial charge in [0.2, 0.25) is 0 Å². The highest BCUT2D eigenvalue weighted by Gasteiger charge is 2.21. The molecule has 1 aromatic heterocycles. The molecule has 0 saturated carbocycles. The highest BCUT2D eigenvalue weighted by molar-refractivity contribution is 14.0. The van der Waals surface area contributed by atoms with Crippen LogP contribution in [0.5, 0.6) is 0 Å². The summed E-state index contributed by atoms with van der Waals surface area (Å²) in [6.45, 7) is 7.42. The molecule has 0 fully saturated rings. The van der Waals surface area contributed by atoms with Gasteiger partial charge in [0.05, 0.1) is 0 Å². The summed E-state index contributed by atoms with van der Waals surface area (Å²) in [5.41, 5.74) is 0.120. The lowest BCUT2D eigenvalue weighted by molar-refractivity contribution is 0.399. The Bertz CT molecular complexity index is 402. The van der Waals surface area contributed by atoms with Gasteiger partial charge in [0.15, 0.2) is 5.96 Å². The predicted octanol–water partition coefficient (Wildman–Crippen LogP) is 2.76. The molecular formula is C15H29IN4S. The molecule has 21 heavy (non-hydrogen) atoms. The van der Waals surface area contributed by atoms with E-state index in [0.29, 0.717) is 0 Å². The number of guanidine groups is 1. The third kappa shape index (κ3) is 8.01. The Labute approximate surface area is 150 Å². The smallest absolute Gasteiger partial charge is 0.191 e. The van der Waals surface area contributed by atoms with E-state index in [4.69, 9.17) is 0 Å². The topological polar surface area (TPSA) is 39.7 Å². The van der Waals surface area contributed by atoms with Crippen LogP contribution >= 0.6 is 35.3 Å². The summed E-state index contributed by atoms with van der Waals surface area (Å²) >= 11 is 1.81. The van der Waals surface area contributed by atoms with Crippen molar-refractivity contribution in [2.45, 2.75) is 25.7 Å². The summed E-state index contributed by atoms with van der Waals surface area (Å²) < 4.78 is 0. The molecule has 6 heteroatoms. The van der Waals surface area contributed by atoms with Gasteiger partial charge in [-0.2, -0.15) is 0 Å². The third-order valence-corrected chi connectivity index (χ3v) is 4.42. The van der Waals surface area contributed by atoms with Crippen molar-refractivity contribution in [3.8, 4) is 0 Å². The Balaban J connectivity index is 0.00000400. The molecule has 0 saturated heterocycles. The summed E-state index contributed by atoms with van der Waals surface area (Å²) in [6, 6.07) is 4.30. The molecule has 0 radical (unpaired) electrons. The summed E-state index contributed by atoms with van der Waals surface area (Å²) in [7, 11) is 6.01. The van der Waals surface area contributed by atoms with Crippen LogP contribution in [0, 0.1) is 0 Å². The second kappa shape index (κ2) is 10.4. The van der Waals surface area contributed by atoms with Crippen LogP contribution in [0.2, 0.25) is 0 Å². The van der Waals surface area contributed by atoms with E-state index in [0.717, 1.165) is 32.0 Å². The fourth-order valence-electron chi connectivity index (χ4n) is 1.88. The van der Waals surface area contributed by atoms with E-state index >= 15 is 0 Å². The number of aliphatic imine (C=N–C) groups is 1. The van der Waals surface area contributed by atoms with Gasteiger partial charge >= 0.3 is 0 Å². The minimum absolute atomic E-state index is 0. The van der Waals surface area contributed by atoms with Crippen molar-refractivity contribution in [3.05, 3.63) is 22.4 Å². The van der Waals surface area contributed by atoms with E-state index < -0.39 is 0 Å². The fourth-order valence-corrected chi connectivity index (χ4v) is 2.73. The van der Waals surface area contributed by atoms with Crippen molar-refractivity contribution in [2.75, 3.05) is 40.8 Å². The van der Waals surface area contributed by atoms with Crippen LogP contribution in [0.25, 0.3) is 0 Å². The van der Waals surface area contributed by atoms with Crippen LogP contribution in [0.4, 0.5) is 0 Å². The number of thiophene rings is 1. The minimum Gasteiger partial charge on any atom is -0.356 e. The van der Waals surface area contributed by atoms with E-state index in [9.17, 15) is 0 Å². The quantitative estimate of drug-likeness (QED) is 0.306. The standard InChI is InChI=1S/C15H28N4S.HI/c1-15(2,13-8-6-11-20-13)12-18-14(16-3)17-9-7-10-19(4)5;/h6,8,11H,7,9-10,12H2,1-5H3,(H2,16,17,18);1H. The van der Waals surface area contributed by atoms with Gasteiger partial charge < -0.3 is 15.5 Å². The molecule has 1 rings (SSSR count). The molecule has 1 aromatic rings. The Morgan fingerprint density at radius 3 is 2.57 bits per heavy atom. The van der Waals surface area contributed by atoms with E-state index in [-0.39, 0.29) is 29.4 Å². The SMILES string of the molecule is CN=C(NCCCN(C)C)NCC(C)(C)c1cccs1.I. The van der Waals surface area contributed by atoms with Crippen LogP contribution in [0.3, 0.4) is 0 Å². The van der Waals surface area contributed by atoms with Gasteiger partial charge in [-0.05, 0) is 38.5 Å². The van der Waals surface area contributed by atoms with Gasteiger partial charge in [-0.15, -0.1) is 35.3 Å². The molecule has 0 aliphatic rings. The lowest BCUT2D eigenvalue weighted by Crippen LogP contribution is -2.43. The molecule has 0 aliphatic carbocycles. The van der Waals surface area contributed by atoms with E-state index in [1.165, 1.54) is 4.88 Å². The summed E-state index contributed by atoms with van der Waals surface area (Å²) in [5, 5.41) is 8.91. The van der Waals surface area contributed by atoms with Crippen molar-refractivity contribution < 1.29 is 0 Å². The van der Waals surface area contributed by atoms with Crippen LogP contribution in [-0.2, 0) is 5.41 Å². The monoisotopic (exact) mass is 424 g/mol. The third-order valence-electron chi connectivity index (χ3n) is 3.18. The first-order valence-electron chi connectivity index (χ1n) is 7.09. The average Bonchev–Trinajstić information content (AvgIpc) is 2.92. The Morgan fingerprint density at radius 2 is 2.05 bits per heavy atom. The zero-order valence-electron chi connectivity index (χ0n) is 13.8. The van der Waals surface area contributed by atoms with Crippen LogP contribution < -0.4 is 10.6 Å². The molecule has 122 valence electrons. The first-order chi connectivity index (χ1) is 9.45.